The van der Waals surface area contributed by atoms with Crippen molar-refractivity contribution in [2.24, 2.45) is 0 Å². The molecule has 3 rings (SSSR count). The molecule has 0 fully saturated rings. The number of sulfonamides is 1. The van der Waals surface area contributed by atoms with Crippen LogP contribution in [0.5, 0.6) is 0 Å². The Bertz CT molecular complexity index is 1130. The first kappa shape index (κ1) is 22.5. The summed E-state index contributed by atoms with van der Waals surface area (Å²) in [6.07, 6.45) is 3.74. The smallest absolute Gasteiger partial charge is 0.224 e. The summed E-state index contributed by atoms with van der Waals surface area (Å²) in [4.78, 5) is 16.5. The number of benzene rings is 2. The number of carbonyl (C=O) groups excluding carboxylic acids is 1. The molecule has 7 nitrogen and oxygen atoms in total. The van der Waals surface area contributed by atoms with Crippen molar-refractivity contribution in [3.8, 4) is 11.3 Å². The molecular formula is C23H25N3O4S. The molecule has 0 atom stereocenters. The Balaban J connectivity index is 1.50. The molecule has 0 bridgehead atoms. The van der Waals surface area contributed by atoms with Crippen LogP contribution in [0.2, 0.25) is 0 Å². The number of anilines is 1. The molecule has 0 unspecified atom stereocenters. The number of hydrogen-bond donors (Lipinski definition) is 2. The molecule has 0 spiro atoms. The van der Waals surface area contributed by atoms with Crippen LogP contribution in [0.1, 0.15) is 23.4 Å². The lowest BCUT2D eigenvalue weighted by Gasteiger charge is -2.07. The van der Waals surface area contributed by atoms with Crippen LogP contribution in [0.25, 0.3) is 11.3 Å². The van der Waals surface area contributed by atoms with Gasteiger partial charge in [-0.05, 0) is 24.6 Å². The van der Waals surface area contributed by atoms with Crippen LogP contribution in [0, 0.1) is 6.92 Å². The molecule has 3 aromatic rings. The Hall–Kier alpha value is -3.23. The highest BCUT2D eigenvalue weighted by atomic mass is 32.2. The predicted molar refractivity (Wildman–Crippen MR) is 121 cm³/mol. The largest absolute Gasteiger partial charge is 0.441 e. The van der Waals surface area contributed by atoms with Crippen molar-refractivity contribution in [1.29, 1.82) is 0 Å². The molecule has 31 heavy (non-hydrogen) atoms. The van der Waals surface area contributed by atoms with Gasteiger partial charge in [-0.2, -0.15) is 0 Å². The minimum Gasteiger partial charge on any atom is -0.441 e. The van der Waals surface area contributed by atoms with E-state index in [1.165, 1.54) is 11.6 Å². The van der Waals surface area contributed by atoms with E-state index in [9.17, 15) is 13.2 Å². The molecule has 2 aromatic carbocycles. The highest BCUT2D eigenvalue weighted by Crippen LogP contribution is 2.21. The maximum Gasteiger partial charge on any atom is 0.224 e. The van der Waals surface area contributed by atoms with E-state index >= 15 is 0 Å². The molecular weight excluding hydrogens is 414 g/mol. The van der Waals surface area contributed by atoms with E-state index in [1.807, 2.05) is 31.2 Å². The lowest BCUT2D eigenvalue weighted by atomic mass is 10.1. The summed E-state index contributed by atoms with van der Waals surface area (Å²) in [5.41, 5.74) is 3.32. The van der Waals surface area contributed by atoms with Gasteiger partial charge in [0.05, 0.1) is 11.9 Å². The minimum atomic E-state index is -3.42. The van der Waals surface area contributed by atoms with E-state index in [0.717, 1.165) is 5.56 Å². The Morgan fingerprint density at radius 2 is 1.84 bits per heavy atom. The summed E-state index contributed by atoms with van der Waals surface area (Å²) in [5.74, 6) is 0.854. The molecule has 8 heteroatoms. The predicted octanol–water partition coefficient (Wildman–Crippen LogP) is 3.83. The summed E-state index contributed by atoms with van der Waals surface area (Å²) in [6.45, 7) is 5.69. The van der Waals surface area contributed by atoms with Gasteiger partial charge in [0.2, 0.25) is 15.9 Å². The van der Waals surface area contributed by atoms with Gasteiger partial charge in [0.25, 0.3) is 0 Å². The van der Waals surface area contributed by atoms with Crippen LogP contribution < -0.4 is 10.0 Å². The normalized spacial score (nSPS) is 11.3. The van der Waals surface area contributed by atoms with E-state index < -0.39 is 10.0 Å². The zero-order chi connectivity index (χ0) is 22.3. The van der Waals surface area contributed by atoms with Gasteiger partial charge in [-0.25, -0.2) is 18.1 Å². The molecule has 0 saturated heterocycles. The Kier molecular flexibility index (Phi) is 7.38. The quantitative estimate of drug-likeness (QED) is 0.468. The van der Waals surface area contributed by atoms with Gasteiger partial charge in [0.1, 0.15) is 0 Å². The van der Waals surface area contributed by atoms with Gasteiger partial charge < -0.3 is 9.73 Å². The number of nitrogens with one attached hydrogen (secondary N) is 2. The van der Waals surface area contributed by atoms with E-state index in [0.29, 0.717) is 29.3 Å². The second kappa shape index (κ2) is 10.2. The molecule has 0 saturated carbocycles. The molecule has 1 heterocycles. The monoisotopic (exact) mass is 439 g/mol. The molecule has 0 aliphatic rings. The average Bonchev–Trinajstić information content (AvgIpc) is 3.22. The van der Waals surface area contributed by atoms with Crippen LogP contribution in [0.3, 0.4) is 0 Å². The van der Waals surface area contributed by atoms with Crippen molar-refractivity contribution in [2.75, 3.05) is 11.9 Å². The fourth-order valence-corrected chi connectivity index (χ4v) is 3.97. The maximum absolute atomic E-state index is 12.2. The van der Waals surface area contributed by atoms with Crippen molar-refractivity contribution in [1.82, 2.24) is 9.71 Å². The molecule has 0 radical (unpaired) electrons. The van der Waals surface area contributed by atoms with Crippen LogP contribution >= 0.6 is 0 Å². The first-order valence-electron chi connectivity index (χ1n) is 9.83. The summed E-state index contributed by atoms with van der Waals surface area (Å²) in [7, 11) is -3.42. The summed E-state index contributed by atoms with van der Waals surface area (Å²) in [5, 5.41) is 2.79. The number of amides is 1. The SMILES string of the molecule is C=CCNS(=O)(=O)Cc1ccc(NC(=O)CCc2ncc(-c3ccc(C)cc3)o2)cc1. The summed E-state index contributed by atoms with van der Waals surface area (Å²) >= 11 is 0. The number of carbonyl (C=O) groups is 1. The van der Waals surface area contributed by atoms with E-state index in [2.05, 4.69) is 21.6 Å². The van der Waals surface area contributed by atoms with E-state index in [4.69, 9.17) is 4.42 Å². The molecule has 1 amide bonds. The Labute approximate surface area is 182 Å². The van der Waals surface area contributed by atoms with Crippen molar-refractivity contribution in [2.45, 2.75) is 25.5 Å². The zero-order valence-corrected chi connectivity index (χ0v) is 18.1. The fraction of sp³-hybridized carbons (Fsp3) is 0.217. The third kappa shape index (κ3) is 6.91. The van der Waals surface area contributed by atoms with Gasteiger partial charge in [-0.15, -0.1) is 6.58 Å². The maximum atomic E-state index is 12.2. The van der Waals surface area contributed by atoms with Crippen LogP contribution in [0.4, 0.5) is 5.69 Å². The average molecular weight is 440 g/mol. The van der Waals surface area contributed by atoms with Crippen LogP contribution in [0.15, 0.2) is 71.8 Å². The molecule has 0 aliphatic heterocycles. The zero-order valence-electron chi connectivity index (χ0n) is 17.3. The third-order valence-electron chi connectivity index (χ3n) is 4.50. The Morgan fingerprint density at radius 3 is 2.52 bits per heavy atom. The topological polar surface area (TPSA) is 101 Å². The lowest BCUT2D eigenvalue weighted by Crippen LogP contribution is -2.25. The van der Waals surface area contributed by atoms with Gasteiger partial charge in [0, 0.05) is 30.6 Å². The van der Waals surface area contributed by atoms with Crippen molar-refractivity contribution < 1.29 is 17.6 Å². The first-order chi connectivity index (χ1) is 14.8. The number of aromatic nitrogens is 1. The van der Waals surface area contributed by atoms with E-state index in [-0.39, 0.29) is 24.6 Å². The molecule has 2 N–H and O–H groups in total. The number of oxazole rings is 1. The standard InChI is InChI=1S/C23H25N3O4S/c1-3-14-25-31(28,29)16-18-6-10-20(11-7-18)26-22(27)12-13-23-24-15-21(30-23)19-8-4-17(2)5-9-19/h3-11,15,25H,1,12-14,16H2,2H3,(H,26,27). The van der Waals surface area contributed by atoms with Gasteiger partial charge in [0.15, 0.2) is 11.7 Å². The fourth-order valence-electron chi connectivity index (χ4n) is 2.86. The number of nitrogens with zero attached hydrogens (tertiary/aromatic N) is 1. The van der Waals surface area contributed by atoms with Gasteiger partial charge in [-0.3, -0.25) is 4.79 Å². The highest BCUT2D eigenvalue weighted by Gasteiger charge is 2.12. The first-order valence-corrected chi connectivity index (χ1v) is 11.5. The summed E-state index contributed by atoms with van der Waals surface area (Å²) < 4.78 is 32.0. The molecule has 162 valence electrons. The van der Waals surface area contributed by atoms with Crippen LogP contribution in [-0.4, -0.2) is 25.9 Å². The van der Waals surface area contributed by atoms with Crippen molar-refractivity contribution in [3.63, 3.8) is 0 Å². The highest BCUT2D eigenvalue weighted by molar-refractivity contribution is 7.88. The lowest BCUT2D eigenvalue weighted by molar-refractivity contribution is -0.116. The van der Waals surface area contributed by atoms with Crippen molar-refractivity contribution >= 4 is 21.6 Å². The van der Waals surface area contributed by atoms with Crippen molar-refractivity contribution in [3.05, 3.63) is 84.4 Å². The number of rotatable bonds is 10. The van der Waals surface area contributed by atoms with Crippen LogP contribution in [-0.2, 0) is 27.0 Å². The summed E-state index contributed by atoms with van der Waals surface area (Å²) in [6, 6.07) is 14.6. The second-order valence-electron chi connectivity index (χ2n) is 7.13. The third-order valence-corrected chi connectivity index (χ3v) is 5.82. The molecule has 0 aliphatic carbocycles. The second-order valence-corrected chi connectivity index (χ2v) is 8.93. The number of aryl methyl sites for hydroxylation is 2. The number of hydrogen-bond acceptors (Lipinski definition) is 5. The van der Waals surface area contributed by atoms with Gasteiger partial charge in [-0.1, -0.05) is 48.0 Å². The Morgan fingerprint density at radius 1 is 1.13 bits per heavy atom. The van der Waals surface area contributed by atoms with E-state index in [1.54, 1.807) is 30.5 Å². The minimum absolute atomic E-state index is 0.136. The van der Waals surface area contributed by atoms with Gasteiger partial charge >= 0.3 is 0 Å². The molecule has 1 aromatic heterocycles.